The van der Waals surface area contributed by atoms with Gasteiger partial charge in [-0.25, -0.2) is 0 Å². The van der Waals surface area contributed by atoms with Gasteiger partial charge in [0.15, 0.2) is 12.2 Å². The lowest BCUT2D eigenvalue weighted by atomic mass is 10.1. The molecule has 0 aromatic heterocycles. The summed E-state index contributed by atoms with van der Waals surface area (Å²) in [6, 6.07) is 0. The summed E-state index contributed by atoms with van der Waals surface area (Å²) >= 11 is 3.18. The molecule has 9 nitrogen and oxygen atoms in total. The zero-order valence-electron chi connectivity index (χ0n) is 14.8. The fourth-order valence-electron chi connectivity index (χ4n) is 1.84. The van der Waals surface area contributed by atoms with Gasteiger partial charge < -0.3 is 23.7 Å². The van der Waals surface area contributed by atoms with Crippen LogP contribution in [0, 0.1) is 0 Å². The molecule has 0 spiro atoms. The summed E-state index contributed by atoms with van der Waals surface area (Å²) in [5.74, 6) is -2.53. The summed E-state index contributed by atoms with van der Waals surface area (Å²) in [7, 11) is 0. The molecule has 0 N–H and O–H groups in total. The second-order valence-electron chi connectivity index (χ2n) is 5.04. The first-order chi connectivity index (χ1) is 11.5. The van der Waals surface area contributed by atoms with Gasteiger partial charge in [-0.15, -0.1) is 0 Å². The van der Waals surface area contributed by atoms with E-state index in [1.54, 1.807) is 6.92 Å². The van der Waals surface area contributed by atoms with Crippen LogP contribution in [0.15, 0.2) is 0 Å². The SMILES string of the molecule is CC(=O)OCC(OC(C)=O)C(OC(C)=O)C(COC(C)=O)OC(C)Br. The van der Waals surface area contributed by atoms with Gasteiger partial charge in [-0.3, -0.25) is 19.2 Å². The van der Waals surface area contributed by atoms with Crippen molar-refractivity contribution in [2.75, 3.05) is 13.2 Å². The molecule has 0 aromatic carbocycles. The number of halogens is 1. The minimum atomic E-state index is -1.17. The molecule has 0 bridgehead atoms. The first-order valence-corrected chi connectivity index (χ1v) is 8.35. The Morgan fingerprint density at radius 2 is 1.20 bits per heavy atom. The highest BCUT2D eigenvalue weighted by atomic mass is 79.9. The maximum absolute atomic E-state index is 11.5. The Morgan fingerprint density at radius 1 is 0.760 bits per heavy atom. The van der Waals surface area contributed by atoms with Gasteiger partial charge in [-0.2, -0.15) is 0 Å². The number of carbonyl (C=O) groups excluding carboxylic acids is 4. The first kappa shape index (κ1) is 23.3. The Hall–Kier alpha value is -1.68. The van der Waals surface area contributed by atoms with Gasteiger partial charge in [-0.1, -0.05) is 15.9 Å². The summed E-state index contributed by atoms with van der Waals surface area (Å²) in [5.41, 5.74) is 0. The van der Waals surface area contributed by atoms with E-state index in [-0.39, 0.29) is 13.2 Å². The largest absolute Gasteiger partial charge is 0.463 e. The van der Waals surface area contributed by atoms with Crippen molar-refractivity contribution in [1.29, 1.82) is 0 Å². The van der Waals surface area contributed by atoms with E-state index in [4.69, 9.17) is 23.7 Å². The standard InChI is InChI=1S/C15H23BrO9/c1-8(16)23-13(6-21-9(2)17)15(25-12(5)20)14(24-11(4)19)7-22-10(3)18/h8,13-15H,6-7H2,1-5H3. The molecular formula is C15H23BrO9. The van der Waals surface area contributed by atoms with Gasteiger partial charge in [-0.05, 0) is 6.92 Å². The number of hydrogen-bond acceptors (Lipinski definition) is 9. The summed E-state index contributed by atoms with van der Waals surface area (Å²) in [6.07, 6.45) is -3.28. The van der Waals surface area contributed by atoms with Crippen LogP contribution in [0.2, 0.25) is 0 Å². The maximum Gasteiger partial charge on any atom is 0.303 e. The maximum atomic E-state index is 11.5. The van der Waals surface area contributed by atoms with Crippen LogP contribution in [0.1, 0.15) is 34.6 Å². The van der Waals surface area contributed by atoms with E-state index in [2.05, 4.69) is 15.9 Å². The Kier molecular flexibility index (Phi) is 11.0. The van der Waals surface area contributed by atoms with E-state index in [0.29, 0.717) is 0 Å². The zero-order valence-corrected chi connectivity index (χ0v) is 16.4. The van der Waals surface area contributed by atoms with E-state index < -0.39 is 47.2 Å². The van der Waals surface area contributed by atoms with Crippen molar-refractivity contribution in [1.82, 2.24) is 0 Å². The Morgan fingerprint density at radius 3 is 1.56 bits per heavy atom. The summed E-state index contributed by atoms with van der Waals surface area (Å²) in [6.45, 7) is 5.73. The smallest absolute Gasteiger partial charge is 0.303 e. The average molecular weight is 427 g/mol. The second kappa shape index (κ2) is 11.8. The van der Waals surface area contributed by atoms with Crippen LogP contribution < -0.4 is 0 Å². The first-order valence-electron chi connectivity index (χ1n) is 7.43. The minimum absolute atomic E-state index is 0.263. The van der Waals surface area contributed by atoms with E-state index >= 15 is 0 Å². The lowest BCUT2D eigenvalue weighted by Gasteiger charge is -2.32. The number of ether oxygens (including phenoxy) is 5. The highest BCUT2D eigenvalue weighted by Crippen LogP contribution is 2.18. The molecule has 25 heavy (non-hydrogen) atoms. The van der Waals surface area contributed by atoms with Crippen LogP contribution in [-0.4, -0.2) is 60.4 Å². The van der Waals surface area contributed by atoms with Gasteiger partial charge >= 0.3 is 23.9 Å². The molecule has 144 valence electrons. The molecular weight excluding hydrogens is 404 g/mol. The predicted molar refractivity (Wildman–Crippen MR) is 87.6 cm³/mol. The molecule has 0 saturated heterocycles. The molecule has 0 aliphatic rings. The Bertz CT molecular complexity index is 478. The van der Waals surface area contributed by atoms with E-state index in [1.165, 1.54) is 13.8 Å². The third-order valence-corrected chi connectivity index (χ3v) is 2.83. The molecule has 0 rings (SSSR count). The molecule has 0 heterocycles. The molecule has 0 radical (unpaired) electrons. The lowest BCUT2D eigenvalue weighted by Crippen LogP contribution is -2.49. The molecule has 0 aliphatic heterocycles. The van der Waals surface area contributed by atoms with Crippen LogP contribution in [-0.2, 0) is 42.9 Å². The highest BCUT2D eigenvalue weighted by Gasteiger charge is 2.38. The summed E-state index contributed by atoms with van der Waals surface area (Å²) in [5, 5.41) is -0.488. The van der Waals surface area contributed by atoms with Crippen LogP contribution in [0.25, 0.3) is 0 Å². The van der Waals surface area contributed by atoms with Crippen LogP contribution >= 0.6 is 15.9 Å². The number of carbonyl (C=O) groups is 4. The van der Waals surface area contributed by atoms with Crippen molar-refractivity contribution in [3.8, 4) is 0 Å². The summed E-state index contributed by atoms with van der Waals surface area (Å²) < 4.78 is 25.7. The normalized spacial score (nSPS) is 15.3. The fourth-order valence-corrected chi connectivity index (χ4v) is 2.12. The van der Waals surface area contributed by atoms with E-state index in [1.807, 2.05) is 0 Å². The number of hydrogen-bond donors (Lipinski definition) is 0. The number of rotatable bonds is 10. The van der Waals surface area contributed by atoms with Gasteiger partial charge in [0, 0.05) is 27.7 Å². The van der Waals surface area contributed by atoms with E-state index in [9.17, 15) is 19.2 Å². The zero-order chi connectivity index (χ0) is 19.6. The average Bonchev–Trinajstić information content (AvgIpc) is 2.44. The number of alkyl halides is 1. The van der Waals surface area contributed by atoms with Crippen LogP contribution in [0.4, 0.5) is 0 Å². The minimum Gasteiger partial charge on any atom is -0.463 e. The summed E-state index contributed by atoms with van der Waals surface area (Å²) in [4.78, 5) is 45.0. The van der Waals surface area contributed by atoms with Crippen molar-refractivity contribution in [3.63, 3.8) is 0 Å². The lowest BCUT2D eigenvalue weighted by molar-refractivity contribution is -0.192. The van der Waals surface area contributed by atoms with Crippen LogP contribution in [0.5, 0.6) is 0 Å². The molecule has 0 aromatic rings. The van der Waals surface area contributed by atoms with E-state index in [0.717, 1.165) is 13.8 Å². The van der Waals surface area contributed by atoms with Crippen molar-refractivity contribution in [2.24, 2.45) is 0 Å². The molecule has 10 heteroatoms. The van der Waals surface area contributed by atoms with Gasteiger partial charge in [0.1, 0.15) is 24.3 Å². The van der Waals surface area contributed by atoms with Crippen molar-refractivity contribution >= 4 is 39.8 Å². The highest BCUT2D eigenvalue weighted by molar-refractivity contribution is 9.09. The monoisotopic (exact) mass is 426 g/mol. The molecule has 0 fully saturated rings. The van der Waals surface area contributed by atoms with Crippen LogP contribution in [0.3, 0.4) is 0 Å². The Labute approximate surface area is 154 Å². The number of esters is 4. The molecule has 0 saturated carbocycles. The molecule has 0 aliphatic carbocycles. The predicted octanol–water partition coefficient (Wildman–Crippen LogP) is 1.10. The fraction of sp³-hybridized carbons (Fsp3) is 0.733. The van der Waals surface area contributed by atoms with Gasteiger partial charge in [0.25, 0.3) is 0 Å². The Balaban J connectivity index is 5.52. The third kappa shape index (κ3) is 11.5. The second-order valence-corrected chi connectivity index (χ2v) is 6.33. The van der Waals surface area contributed by atoms with Gasteiger partial charge in [0.05, 0.1) is 0 Å². The molecule has 0 amide bonds. The van der Waals surface area contributed by atoms with Crippen molar-refractivity contribution < 1.29 is 42.9 Å². The molecule has 4 unspecified atom stereocenters. The molecule has 4 atom stereocenters. The van der Waals surface area contributed by atoms with Crippen molar-refractivity contribution in [3.05, 3.63) is 0 Å². The topological polar surface area (TPSA) is 114 Å². The third-order valence-electron chi connectivity index (χ3n) is 2.62. The van der Waals surface area contributed by atoms with Gasteiger partial charge in [0.2, 0.25) is 0 Å². The van der Waals surface area contributed by atoms with Crippen molar-refractivity contribution in [2.45, 2.75) is 57.9 Å². The quantitative estimate of drug-likeness (QED) is 0.287.